The third-order valence-electron chi connectivity index (χ3n) is 4.75. The minimum Gasteiger partial charge on any atom is -0.465 e. The fraction of sp³-hybridized carbons (Fsp3) is 0.412. The quantitative estimate of drug-likeness (QED) is 0.696. The zero-order valence-electron chi connectivity index (χ0n) is 14.7. The Hall–Kier alpha value is -1.98. The third kappa shape index (κ3) is 3.91. The Morgan fingerprint density at radius 2 is 2.04 bits per heavy atom. The van der Waals surface area contributed by atoms with Crippen LogP contribution in [0.4, 0.5) is 9.93 Å². The van der Waals surface area contributed by atoms with Crippen LogP contribution in [-0.2, 0) is 17.6 Å². The van der Waals surface area contributed by atoms with Gasteiger partial charge in [0.05, 0.1) is 20.4 Å². The van der Waals surface area contributed by atoms with Crippen LogP contribution in [-0.4, -0.2) is 58.6 Å². The van der Waals surface area contributed by atoms with Gasteiger partial charge in [0, 0.05) is 43.8 Å². The zero-order valence-corrected chi connectivity index (χ0v) is 17.9. The van der Waals surface area contributed by atoms with Crippen molar-refractivity contribution in [3.8, 4) is 0 Å². The first kappa shape index (κ1) is 19.3. The topological polar surface area (TPSA) is 103 Å². The predicted octanol–water partition coefficient (Wildman–Crippen LogP) is 2.58. The third-order valence-corrected chi connectivity index (χ3v) is 7.56. The van der Waals surface area contributed by atoms with Crippen molar-refractivity contribution in [1.29, 1.82) is 0 Å². The standard InChI is InChI=1S/C17H17BrN4O4S2/c18-13-2-1-12(27-13)15(24)19-9-7-14(23)22(8-9)16-20-10-3-5-21(17(25)26)6-4-11(10)28-16/h1-2,9H,3-8H2,(H,19,24)(H,25,26)/t9-/m1/s1. The molecule has 28 heavy (non-hydrogen) atoms. The number of hydrogen-bond acceptors (Lipinski definition) is 6. The molecule has 2 N–H and O–H groups in total. The number of thiazole rings is 1. The lowest BCUT2D eigenvalue weighted by molar-refractivity contribution is -0.117. The molecule has 0 aromatic carbocycles. The second kappa shape index (κ2) is 7.80. The lowest BCUT2D eigenvalue weighted by Crippen LogP contribution is -2.36. The number of carboxylic acid groups (broad SMARTS) is 1. The molecule has 2 aromatic heterocycles. The van der Waals surface area contributed by atoms with Crippen molar-refractivity contribution < 1.29 is 19.5 Å². The maximum absolute atomic E-state index is 12.5. The van der Waals surface area contributed by atoms with E-state index in [1.54, 1.807) is 11.0 Å². The number of thiophene rings is 1. The summed E-state index contributed by atoms with van der Waals surface area (Å²) in [7, 11) is 0. The summed E-state index contributed by atoms with van der Waals surface area (Å²) in [6, 6.07) is 3.31. The lowest BCUT2D eigenvalue weighted by atomic mass is 10.2. The van der Waals surface area contributed by atoms with Crippen LogP contribution in [0.25, 0.3) is 0 Å². The molecular formula is C17H17BrN4O4S2. The van der Waals surface area contributed by atoms with E-state index in [-0.39, 0.29) is 24.3 Å². The molecule has 0 spiro atoms. The van der Waals surface area contributed by atoms with Crippen molar-refractivity contribution in [3.05, 3.63) is 31.4 Å². The van der Waals surface area contributed by atoms with Gasteiger partial charge < -0.3 is 15.3 Å². The van der Waals surface area contributed by atoms with E-state index in [9.17, 15) is 14.4 Å². The number of nitrogens with zero attached hydrogens (tertiary/aromatic N) is 3. The maximum atomic E-state index is 12.5. The van der Waals surface area contributed by atoms with Crippen molar-refractivity contribution in [2.75, 3.05) is 24.5 Å². The first-order chi connectivity index (χ1) is 13.4. The Labute approximate surface area is 177 Å². The van der Waals surface area contributed by atoms with E-state index in [0.29, 0.717) is 42.5 Å². The minimum atomic E-state index is -0.915. The van der Waals surface area contributed by atoms with Crippen LogP contribution >= 0.6 is 38.6 Å². The molecule has 0 aliphatic carbocycles. The second-order valence-corrected chi connectivity index (χ2v) is 10.1. The molecule has 0 bridgehead atoms. The highest BCUT2D eigenvalue weighted by Gasteiger charge is 2.34. The molecule has 2 aliphatic rings. The Morgan fingerprint density at radius 1 is 1.25 bits per heavy atom. The van der Waals surface area contributed by atoms with Gasteiger partial charge in [-0.2, -0.15) is 0 Å². The molecule has 148 valence electrons. The molecule has 2 aliphatic heterocycles. The molecule has 1 fully saturated rings. The molecular weight excluding hydrogens is 468 g/mol. The molecule has 4 rings (SSSR count). The molecule has 0 saturated carbocycles. The van der Waals surface area contributed by atoms with Gasteiger partial charge in [-0.05, 0) is 28.1 Å². The van der Waals surface area contributed by atoms with Gasteiger partial charge in [-0.3, -0.25) is 14.5 Å². The van der Waals surface area contributed by atoms with Crippen LogP contribution < -0.4 is 10.2 Å². The summed E-state index contributed by atoms with van der Waals surface area (Å²) in [5.41, 5.74) is 0.868. The molecule has 8 nitrogen and oxygen atoms in total. The normalized spacial score (nSPS) is 19.5. The molecule has 0 radical (unpaired) electrons. The zero-order chi connectivity index (χ0) is 19.8. The molecule has 3 amide bonds. The van der Waals surface area contributed by atoms with Crippen molar-refractivity contribution in [1.82, 2.24) is 15.2 Å². The van der Waals surface area contributed by atoms with Gasteiger partial charge in [0.15, 0.2) is 5.13 Å². The Balaban J connectivity index is 1.42. The number of amides is 3. The van der Waals surface area contributed by atoms with E-state index in [0.717, 1.165) is 14.4 Å². The van der Waals surface area contributed by atoms with Crippen molar-refractivity contribution in [3.63, 3.8) is 0 Å². The summed E-state index contributed by atoms with van der Waals surface area (Å²) in [4.78, 5) is 45.2. The molecule has 4 heterocycles. The van der Waals surface area contributed by atoms with Gasteiger partial charge in [-0.1, -0.05) is 0 Å². The number of fused-ring (bicyclic) bond motifs is 1. The summed E-state index contributed by atoms with van der Waals surface area (Å²) in [5.74, 6) is -0.243. The fourth-order valence-electron chi connectivity index (χ4n) is 3.34. The SMILES string of the molecule is O=C(N[C@@H]1CC(=O)N(c2nc3c(s2)CCN(C(=O)O)CC3)C1)c1ccc(Br)s1. The average molecular weight is 485 g/mol. The maximum Gasteiger partial charge on any atom is 0.407 e. The number of anilines is 1. The van der Waals surface area contributed by atoms with Crippen molar-refractivity contribution in [2.24, 2.45) is 0 Å². The molecule has 2 aromatic rings. The van der Waals surface area contributed by atoms with Crippen molar-refractivity contribution >= 4 is 61.6 Å². The second-order valence-electron chi connectivity index (χ2n) is 6.62. The van der Waals surface area contributed by atoms with E-state index in [1.807, 2.05) is 6.07 Å². The largest absolute Gasteiger partial charge is 0.465 e. The van der Waals surface area contributed by atoms with E-state index in [1.165, 1.54) is 27.6 Å². The van der Waals surface area contributed by atoms with Gasteiger partial charge in [0.2, 0.25) is 5.91 Å². The molecule has 11 heteroatoms. The number of nitrogens with one attached hydrogen (secondary N) is 1. The highest BCUT2D eigenvalue weighted by atomic mass is 79.9. The number of hydrogen-bond donors (Lipinski definition) is 2. The summed E-state index contributed by atoms with van der Waals surface area (Å²) in [5, 5.41) is 12.7. The van der Waals surface area contributed by atoms with Crippen molar-refractivity contribution in [2.45, 2.75) is 25.3 Å². The first-order valence-corrected chi connectivity index (χ1v) is 11.2. The number of aromatic nitrogens is 1. The van der Waals surface area contributed by atoms with Crippen LogP contribution in [0.3, 0.4) is 0 Å². The summed E-state index contributed by atoms with van der Waals surface area (Å²) in [6.45, 7) is 1.24. The fourth-order valence-corrected chi connectivity index (χ4v) is 5.75. The van der Waals surface area contributed by atoms with Gasteiger partial charge in [-0.25, -0.2) is 9.78 Å². The average Bonchev–Trinajstić information content (AvgIpc) is 3.31. The highest BCUT2D eigenvalue weighted by molar-refractivity contribution is 9.11. The molecule has 1 saturated heterocycles. The van der Waals surface area contributed by atoms with Crippen LogP contribution in [0, 0.1) is 0 Å². The Bertz CT molecular complexity index is 918. The van der Waals surface area contributed by atoms with Crippen LogP contribution in [0.2, 0.25) is 0 Å². The van der Waals surface area contributed by atoms with Crippen LogP contribution in [0.1, 0.15) is 26.7 Å². The number of rotatable bonds is 3. The smallest absolute Gasteiger partial charge is 0.407 e. The van der Waals surface area contributed by atoms with Crippen LogP contribution in [0.15, 0.2) is 15.9 Å². The van der Waals surface area contributed by atoms with Gasteiger partial charge in [-0.15, -0.1) is 22.7 Å². The van der Waals surface area contributed by atoms with E-state index in [4.69, 9.17) is 5.11 Å². The monoisotopic (exact) mass is 484 g/mol. The number of carbonyl (C=O) groups excluding carboxylic acids is 2. The van der Waals surface area contributed by atoms with E-state index < -0.39 is 6.09 Å². The summed E-state index contributed by atoms with van der Waals surface area (Å²) < 4.78 is 0.882. The minimum absolute atomic E-state index is 0.0614. The summed E-state index contributed by atoms with van der Waals surface area (Å²) in [6.07, 6.45) is 0.485. The molecule has 1 atom stereocenters. The first-order valence-electron chi connectivity index (χ1n) is 8.73. The van der Waals surface area contributed by atoms with Gasteiger partial charge in [0.1, 0.15) is 0 Å². The predicted molar refractivity (Wildman–Crippen MR) is 109 cm³/mol. The van der Waals surface area contributed by atoms with Crippen LogP contribution in [0.5, 0.6) is 0 Å². The highest BCUT2D eigenvalue weighted by Crippen LogP contribution is 2.32. The Morgan fingerprint density at radius 3 is 2.75 bits per heavy atom. The summed E-state index contributed by atoms with van der Waals surface area (Å²) >= 11 is 6.13. The Kier molecular flexibility index (Phi) is 5.39. The van der Waals surface area contributed by atoms with E-state index >= 15 is 0 Å². The number of carbonyl (C=O) groups is 3. The lowest BCUT2D eigenvalue weighted by Gasteiger charge is -2.16. The molecule has 0 unspecified atom stereocenters. The van der Waals surface area contributed by atoms with Gasteiger partial charge in [0.25, 0.3) is 5.91 Å². The number of halogens is 1. The van der Waals surface area contributed by atoms with E-state index in [2.05, 4.69) is 26.2 Å². The van der Waals surface area contributed by atoms with Gasteiger partial charge >= 0.3 is 6.09 Å².